The molecule has 0 fully saturated rings. The van der Waals surface area contributed by atoms with Crippen LogP contribution in [0, 0.1) is 27.7 Å². The number of aryl methyl sites for hydroxylation is 4. The summed E-state index contributed by atoms with van der Waals surface area (Å²) in [7, 11) is 0. The van der Waals surface area contributed by atoms with E-state index < -0.39 is 11.2 Å². The summed E-state index contributed by atoms with van der Waals surface area (Å²) >= 11 is 14.2. The number of carbonyl (C=O) groups is 2. The van der Waals surface area contributed by atoms with Gasteiger partial charge in [-0.15, -0.1) is 43.6 Å². The van der Waals surface area contributed by atoms with Crippen molar-refractivity contribution in [3.63, 3.8) is 0 Å². The topological polar surface area (TPSA) is 153 Å². The van der Waals surface area contributed by atoms with E-state index in [0.717, 1.165) is 56.7 Å². The molecule has 296 valence electrons. The molecule has 4 rings (SSSR count). The van der Waals surface area contributed by atoms with Crippen LogP contribution in [0.1, 0.15) is 72.7 Å². The van der Waals surface area contributed by atoms with Gasteiger partial charge >= 0.3 is 5.97 Å². The van der Waals surface area contributed by atoms with Gasteiger partial charge < -0.3 is 14.7 Å². The lowest BCUT2D eigenvalue weighted by Gasteiger charge is -2.13. The maximum Gasteiger partial charge on any atom is 0.330 e. The Morgan fingerprint density at radius 3 is 1.44 bits per heavy atom. The van der Waals surface area contributed by atoms with E-state index in [1.165, 1.54) is 54.3 Å². The van der Waals surface area contributed by atoms with Crippen molar-refractivity contribution < 1.29 is 19.4 Å². The number of hydrogen-bond donors (Lipinski definition) is 1. The van der Waals surface area contributed by atoms with Crippen molar-refractivity contribution in [3.8, 4) is 0 Å². The van der Waals surface area contributed by atoms with Gasteiger partial charge in [0.2, 0.25) is 5.24 Å². The first-order valence-corrected chi connectivity index (χ1v) is 17.8. The van der Waals surface area contributed by atoms with Crippen molar-refractivity contribution in [3.05, 3.63) is 119 Å². The van der Waals surface area contributed by atoms with Crippen LogP contribution in [-0.2, 0) is 27.5 Å². The fourth-order valence-electron chi connectivity index (χ4n) is 4.05. The average molecular weight is 807 g/mol. The number of esters is 1. The van der Waals surface area contributed by atoms with Crippen molar-refractivity contribution >= 4 is 58.4 Å². The molecule has 0 aliphatic carbocycles. The Labute approximate surface area is 335 Å². The van der Waals surface area contributed by atoms with Gasteiger partial charge in [0.25, 0.3) is 0 Å². The number of alkyl halides is 2. The summed E-state index contributed by atoms with van der Waals surface area (Å²) in [6.45, 7) is 24.8. The highest BCUT2D eigenvalue weighted by molar-refractivity contribution is 6.66. The molecule has 16 heteroatoms. The third-order valence-corrected chi connectivity index (χ3v) is 7.29. The van der Waals surface area contributed by atoms with Crippen LogP contribution < -0.4 is 0 Å². The Kier molecular flexibility index (Phi) is 29.5. The molecule has 2 aromatic carbocycles. The highest BCUT2D eigenvalue weighted by Crippen LogP contribution is 2.17. The number of rotatable bonds is 12. The fraction of sp³-hybridized carbons (Fsp3) is 0.368. The molecule has 0 aliphatic heterocycles. The van der Waals surface area contributed by atoms with E-state index in [-0.39, 0.29) is 26.0 Å². The van der Waals surface area contributed by atoms with Crippen LogP contribution in [0.2, 0.25) is 0 Å². The number of aliphatic hydroxyl groups is 1. The molecule has 1 N–H and O–H groups in total. The lowest BCUT2D eigenvalue weighted by molar-refractivity contribution is -0.139. The second-order valence-electron chi connectivity index (χ2n) is 10.6. The molecule has 0 bridgehead atoms. The maximum absolute atomic E-state index is 11.1. The molecule has 0 aliphatic rings. The van der Waals surface area contributed by atoms with Gasteiger partial charge in [0.1, 0.15) is 31.9 Å². The number of benzene rings is 2. The SMILES string of the molecule is C.C=CC(=O)Cl.C=CC(=O)OCc1cc(C)c(/C=N/n2cnnc2)cc1C.CCN(CC)CC.Cc1cc(CO)c(C)cc1/C=N/n1cnnc1.ClCCl. The number of allylic oxidation sites excluding steroid dienone is 1. The standard InChI is InChI=1S/C15H16N4O2.C12H14N4O.C6H15N.C3H3ClO.CH2Cl2.CH4/c1-4-15(20)21-8-14-6-11(2)13(5-12(14)3)7-18-19-9-16-17-10-19;1-9-4-12(6-17)10(2)3-11(9)5-15-16-7-13-14-8-16;1-4-7(5-2)6-3;1-2-3(4)5;2-1-3;/h4-7,9-10H,1,8H2,2-3H3;3-5,7-8,17H,6H2,1-2H3;4-6H2,1-3H3;2H,1H2;1H2;1H4/b18-7+;15-5+;;;;. The molecule has 0 atom stereocenters. The van der Waals surface area contributed by atoms with Gasteiger partial charge in [-0.3, -0.25) is 4.79 Å². The number of aliphatic hydroxyl groups excluding tert-OH is 1. The van der Waals surface area contributed by atoms with Gasteiger partial charge in [-0.05, 0) is 122 Å². The van der Waals surface area contributed by atoms with E-state index in [1.807, 2.05) is 52.0 Å². The summed E-state index contributed by atoms with van der Waals surface area (Å²) in [5, 5.41) is 32.0. The maximum atomic E-state index is 11.1. The first-order chi connectivity index (χ1) is 25.3. The number of hydrogen-bond acceptors (Lipinski definition) is 11. The first kappa shape index (κ1) is 51.6. The van der Waals surface area contributed by atoms with Crippen molar-refractivity contribution in [1.29, 1.82) is 0 Å². The van der Waals surface area contributed by atoms with E-state index in [0.29, 0.717) is 0 Å². The number of aromatic nitrogens is 6. The van der Waals surface area contributed by atoms with Gasteiger partial charge in [0.05, 0.1) is 24.4 Å². The highest BCUT2D eigenvalue weighted by Gasteiger charge is 2.06. The highest BCUT2D eigenvalue weighted by atomic mass is 35.5. The molecule has 2 aromatic heterocycles. The van der Waals surface area contributed by atoms with Crippen molar-refractivity contribution in [2.45, 2.75) is 69.1 Å². The molecular weight excluding hydrogens is 753 g/mol. The second kappa shape index (κ2) is 30.9. The predicted octanol–water partition coefficient (Wildman–Crippen LogP) is 7.62. The second-order valence-corrected chi connectivity index (χ2v) is 11.8. The normalized spacial score (nSPS) is 10.0. The minimum Gasteiger partial charge on any atom is -0.458 e. The molecular formula is C38H54Cl3N9O4. The summed E-state index contributed by atoms with van der Waals surface area (Å²) in [4.78, 5) is 22.9. The van der Waals surface area contributed by atoms with Gasteiger partial charge in [-0.2, -0.15) is 10.2 Å². The molecule has 0 saturated heterocycles. The van der Waals surface area contributed by atoms with Gasteiger partial charge in [0, 0.05) is 6.08 Å². The van der Waals surface area contributed by atoms with E-state index in [2.05, 4.69) is 69.4 Å². The Morgan fingerprint density at radius 2 is 1.13 bits per heavy atom. The average Bonchev–Trinajstić information content (AvgIpc) is 3.88. The quantitative estimate of drug-likeness (QED) is 0.0501. The fourth-order valence-corrected chi connectivity index (χ4v) is 4.05. The summed E-state index contributed by atoms with van der Waals surface area (Å²) < 4.78 is 8.12. The zero-order valence-electron chi connectivity index (χ0n) is 31.4. The van der Waals surface area contributed by atoms with Crippen LogP contribution in [0.4, 0.5) is 0 Å². The molecule has 0 unspecified atom stereocenters. The Hall–Kier alpha value is -4.53. The van der Waals surface area contributed by atoms with Crippen LogP contribution in [0.25, 0.3) is 0 Å². The number of halogens is 3. The molecule has 2 heterocycles. The minimum absolute atomic E-state index is 0. The van der Waals surface area contributed by atoms with Gasteiger partial charge in [-0.1, -0.05) is 53.5 Å². The molecule has 54 heavy (non-hydrogen) atoms. The third-order valence-electron chi connectivity index (χ3n) is 7.13. The van der Waals surface area contributed by atoms with E-state index in [9.17, 15) is 9.59 Å². The smallest absolute Gasteiger partial charge is 0.330 e. The number of nitrogens with zero attached hydrogens (tertiary/aromatic N) is 9. The van der Waals surface area contributed by atoms with Crippen LogP contribution in [0.5, 0.6) is 0 Å². The van der Waals surface area contributed by atoms with Crippen LogP contribution >= 0.6 is 34.8 Å². The van der Waals surface area contributed by atoms with Crippen LogP contribution in [0.3, 0.4) is 0 Å². The summed E-state index contributed by atoms with van der Waals surface area (Å²) in [5.74, 6) is -0.426. The minimum atomic E-state index is -0.509. The van der Waals surface area contributed by atoms with E-state index >= 15 is 0 Å². The van der Waals surface area contributed by atoms with E-state index in [1.54, 1.807) is 12.4 Å². The third kappa shape index (κ3) is 21.9. The molecule has 0 amide bonds. The first-order valence-electron chi connectivity index (χ1n) is 16.4. The van der Waals surface area contributed by atoms with Gasteiger partial charge in [0.15, 0.2) is 0 Å². The monoisotopic (exact) mass is 805 g/mol. The summed E-state index contributed by atoms with van der Waals surface area (Å²) in [6, 6.07) is 7.97. The number of carbonyl (C=O) groups excluding carboxylic acids is 2. The lowest BCUT2D eigenvalue weighted by atomic mass is 10.0. The lowest BCUT2D eigenvalue weighted by Crippen LogP contribution is -2.21. The van der Waals surface area contributed by atoms with Gasteiger partial charge in [-0.25, -0.2) is 14.1 Å². The molecule has 0 spiro atoms. The van der Waals surface area contributed by atoms with Crippen LogP contribution in [0.15, 0.2) is 85.1 Å². The predicted molar refractivity (Wildman–Crippen MR) is 222 cm³/mol. The largest absolute Gasteiger partial charge is 0.458 e. The zero-order chi connectivity index (χ0) is 40.2. The Morgan fingerprint density at radius 1 is 0.759 bits per heavy atom. The molecule has 4 aromatic rings. The van der Waals surface area contributed by atoms with Crippen molar-refractivity contribution in [1.82, 2.24) is 34.6 Å². The Bertz CT molecular complexity index is 1700. The molecule has 13 nitrogen and oxygen atoms in total. The number of ether oxygens (including phenoxy) is 1. The summed E-state index contributed by atoms with van der Waals surface area (Å²) in [6.07, 6.45) is 11.8. The van der Waals surface area contributed by atoms with Crippen molar-refractivity contribution in [2.75, 3.05) is 25.0 Å². The zero-order valence-corrected chi connectivity index (χ0v) is 33.7. The Balaban J connectivity index is 0. The van der Waals surface area contributed by atoms with Crippen LogP contribution in [-0.4, -0.2) is 88.4 Å². The molecule has 0 radical (unpaired) electrons. The summed E-state index contributed by atoms with van der Waals surface area (Å²) in [5.41, 5.74) is 8.13. The van der Waals surface area contributed by atoms with Crippen molar-refractivity contribution in [2.24, 2.45) is 10.2 Å². The van der Waals surface area contributed by atoms with E-state index in [4.69, 9.17) is 44.6 Å². The molecule has 0 saturated carbocycles.